The summed E-state index contributed by atoms with van der Waals surface area (Å²) >= 11 is 0. The number of methoxy groups -OCH3 is 3. The molecule has 0 aliphatic heterocycles. The second-order valence-corrected chi connectivity index (χ2v) is 5.89. The molecule has 29 heavy (non-hydrogen) atoms. The number of carbonyl (C=O) groups is 2. The third-order valence-corrected chi connectivity index (χ3v) is 4.31. The minimum absolute atomic E-state index is 0.0839. The molecule has 0 fully saturated rings. The Morgan fingerprint density at radius 1 is 1.03 bits per heavy atom. The number of nitrogens with zero attached hydrogens (tertiary/aromatic N) is 1. The normalized spacial score (nSPS) is 11.0. The lowest BCUT2D eigenvalue weighted by molar-refractivity contribution is -0.127. The Hall–Kier alpha value is -3.42. The van der Waals surface area contributed by atoms with Crippen molar-refractivity contribution in [1.29, 1.82) is 0 Å². The number of benzene rings is 1. The summed E-state index contributed by atoms with van der Waals surface area (Å²) in [6.45, 7) is 4.72. The molecule has 0 saturated heterocycles. The fourth-order valence-electron chi connectivity index (χ4n) is 2.82. The second-order valence-electron chi connectivity index (χ2n) is 5.89. The van der Waals surface area contributed by atoms with Gasteiger partial charge in [0, 0.05) is 18.7 Å². The summed E-state index contributed by atoms with van der Waals surface area (Å²) in [6.07, 6.45) is 2.93. The van der Waals surface area contributed by atoms with Gasteiger partial charge in [0.05, 0.1) is 27.6 Å². The molecule has 1 N–H and O–H groups in total. The number of furan rings is 1. The topological polar surface area (TPSA) is 90.2 Å². The lowest BCUT2D eigenvalue weighted by Gasteiger charge is -2.21. The number of amides is 2. The van der Waals surface area contributed by atoms with Crippen molar-refractivity contribution in [2.45, 2.75) is 13.8 Å². The van der Waals surface area contributed by atoms with Crippen LogP contribution >= 0.6 is 0 Å². The number of hydrogen-bond donors (Lipinski definition) is 1. The highest BCUT2D eigenvalue weighted by molar-refractivity contribution is 6.04. The van der Waals surface area contributed by atoms with E-state index in [4.69, 9.17) is 18.6 Å². The lowest BCUT2D eigenvalue weighted by Crippen LogP contribution is -2.38. The maximum atomic E-state index is 13.0. The molecule has 156 valence electrons. The van der Waals surface area contributed by atoms with Gasteiger partial charge in [0.1, 0.15) is 5.70 Å². The third kappa shape index (κ3) is 4.90. The Labute approximate surface area is 170 Å². The van der Waals surface area contributed by atoms with E-state index in [0.29, 0.717) is 35.9 Å². The molecule has 8 heteroatoms. The molecule has 1 aromatic carbocycles. The number of nitrogens with one attached hydrogen (secondary N) is 1. The van der Waals surface area contributed by atoms with Crippen LogP contribution in [0.5, 0.6) is 17.2 Å². The highest BCUT2D eigenvalue weighted by atomic mass is 16.5. The summed E-state index contributed by atoms with van der Waals surface area (Å²) in [5.41, 5.74) is 0.626. The van der Waals surface area contributed by atoms with Gasteiger partial charge < -0.3 is 28.8 Å². The smallest absolute Gasteiger partial charge is 0.291 e. The van der Waals surface area contributed by atoms with Gasteiger partial charge >= 0.3 is 0 Å². The van der Waals surface area contributed by atoms with Crippen molar-refractivity contribution in [2.24, 2.45) is 0 Å². The molecule has 0 unspecified atom stereocenters. The van der Waals surface area contributed by atoms with Gasteiger partial charge in [-0.25, -0.2) is 0 Å². The zero-order valence-electron chi connectivity index (χ0n) is 17.3. The first-order valence-corrected chi connectivity index (χ1v) is 9.15. The first-order valence-electron chi connectivity index (χ1n) is 9.15. The molecule has 1 aromatic heterocycles. The van der Waals surface area contributed by atoms with Crippen molar-refractivity contribution in [3.05, 3.63) is 47.5 Å². The molecule has 0 aliphatic carbocycles. The van der Waals surface area contributed by atoms with E-state index in [0.717, 1.165) is 0 Å². The molecule has 2 amide bonds. The minimum Gasteiger partial charge on any atom is -0.493 e. The van der Waals surface area contributed by atoms with Crippen LogP contribution in [0.4, 0.5) is 0 Å². The van der Waals surface area contributed by atoms with E-state index in [-0.39, 0.29) is 17.4 Å². The van der Waals surface area contributed by atoms with E-state index in [1.54, 1.807) is 29.2 Å². The van der Waals surface area contributed by atoms with Gasteiger partial charge in [0.2, 0.25) is 5.75 Å². The van der Waals surface area contributed by atoms with Crippen LogP contribution in [0, 0.1) is 0 Å². The maximum absolute atomic E-state index is 13.0. The summed E-state index contributed by atoms with van der Waals surface area (Å²) < 4.78 is 21.3. The van der Waals surface area contributed by atoms with Gasteiger partial charge in [0.25, 0.3) is 11.8 Å². The van der Waals surface area contributed by atoms with Gasteiger partial charge in [-0.15, -0.1) is 0 Å². The highest BCUT2D eigenvalue weighted by Crippen LogP contribution is 2.40. The van der Waals surface area contributed by atoms with Gasteiger partial charge in [-0.3, -0.25) is 9.59 Å². The first-order chi connectivity index (χ1) is 14.0. The molecular formula is C21H26N2O6. The number of likely N-dealkylation sites (N-methyl/N-ethyl adjacent to an activating group) is 1. The minimum atomic E-state index is -0.527. The van der Waals surface area contributed by atoms with Crippen molar-refractivity contribution < 1.29 is 28.2 Å². The molecule has 2 aromatic rings. The van der Waals surface area contributed by atoms with Gasteiger partial charge in [-0.05, 0) is 44.2 Å². The number of ether oxygens (including phenoxy) is 3. The Morgan fingerprint density at radius 2 is 1.72 bits per heavy atom. The van der Waals surface area contributed by atoms with Gasteiger partial charge in [-0.2, -0.15) is 0 Å². The molecule has 0 atom stereocenters. The number of rotatable bonds is 9. The van der Waals surface area contributed by atoms with Crippen LogP contribution in [-0.4, -0.2) is 51.1 Å². The molecule has 0 saturated carbocycles. The molecular weight excluding hydrogens is 376 g/mol. The zero-order valence-corrected chi connectivity index (χ0v) is 17.3. The first kappa shape index (κ1) is 21.9. The average molecular weight is 402 g/mol. The van der Waals surface area contributed by atoms with Crippen LogP contribution in [0.1, 0.15) is 30.0 Å². The summed E-state index contributed by atoms with van der Waals surface area (Å²) in [5, 5.41) is 2.64. The van der Waals surface area contributed by atoms with Crippen molar-refractivity contribution >= 4 is 17.9 Å². The second kappa shape index (κ2) is 10.2. The lowest BCUT2D eigenvalue weighted by atomic mass is 10.1. The largest absolute Gasteiger partial charge is 0.493 e. The molecule has 0 bridgehead atoms. The summed E-state index contributed by atoms with van der Waals surface area (Å²) in [5.74, 6) is 0.493. The van der Waals surface area contributed by atoms with Gasteiger partial charge in [0.15, 0.2) is 17.3 Å². The summed E-state index contributed by atoms with van der Waals surface area (Å²) in [4.78, 5) is 27.1. The molecule has 0 aliphatic rings. The molecule has 2 rings (SSSR count). The van der Waals surface area contributed by atoms with Crippen LogP contribution in [-0.2, 0) is 4.79 Å². The highest BCUT2D eigenvalue weighted by Gasteiger charge is 2.22. The maximum Gasteiger partial charge on any atom is 0.291 e. The molecule has 8 nitrogen and oxygen atoms in total. The van der Waals surface area contributed by atoms with Crippen LogP contribution < -0.4 is 19.5 Å². The third-order valence-electron chi connectivity index (χ3n) is 4.31. The monoisotopic (exact) mass is 402 g/mol. The van der Waals surface area contributed by atoms with E-state index >= 15 is 0 Å². The average Bonchev–Trinajstić information content (AvgIpc) is 3.28. The van der Waals surface area contributed by atoms with E-state index in [1.807, 2.05) is 13.8 Å². The van der Waals surface area contributed by atoms with Gasteiger partial charge in [-0.1, -0.05) is 0 Å². The molecule has 1 heterocycles. The van der Waals surface area contributed by atoms with Crippen LogP contribution in [0.25, 0.3) is 6.08 Å². The van der Waals surface area contributed by atoms with Crippen LogP contribution in [0.3, 0.4) is 0 Å². The fraction of sp³-hybridized carbons (Fsp3) is 0.333. The van der Waals surface area contributed by atoms with Crippen LogP contribution in [0.15, 0.2) is 40.6 Å². The van der Waals surface area contributed by atoms with E-state index in [2.05, 4.69) is 5.32 Å². The molecule has 0 spiro atoms. The predicted octanol–water partition coefficient (Wildman–Crippen LogP) is 2.94. The van der Waals surface area contributed by atoms with Crippen molar-refractivity contribution in [2.75, 3.05) is 34.4 Å². The standard InChI is InChI=1S/C21H26N2O6/c1-6-23(7-2)21(25)15(22-20(24)17-9-8-12-29-17)13-14-10-11-16(26-3)19(28-5)18(14)27-4/h8-13H,6-7H2,1-5H3,(H,22,24). The Kier molecular flexibility index (Phi) is 7.70. The number of hydrogen-bond acceptors (Lipinski definition) is 6. The Morgan fingerprint density at radius 3 is 2.24 bits per heavy atom. The SMILES string of the molecule is CCN(CC)C(=O)C(=Cc1ccc(OC)c(OC)c1OC)NC(=O)c1ccco1. The Balaban J connectivity index is 2.54. The van der Waals surface area contributed by atoms with Crippen molar-refractivity contribution in [3.63, 3.8) is 0 Å². The molecule has 0 radical (unpaired) electrons. The van der Waals surface area contributed by atoms with E-state index in [1.165, 1.54) is 33.7 Å². The zero-order chi connectivity index (χ0) is 21.4. The number of carbonyl (C=O) groups excluding carboxylic acids is 2. The van der Waals surface area contributed by atoms with E-state index in [9.17, 15) is 9.59 Å². The van der Waals surface area contributed by atoms with Crippen LogP contribution in [0.2, 0.25) is 0 Å². The predicted molar refractivity (Wildman–Crippen MR) is 108 cm³/mol. The Bertz CT molecular complexity index is 870. The summed E-state index contributed by atoms with van der Waals surface area (Å²) in [7, 11) is 4.50. The quantitative estimate of drug-likeness (QED) is 0.649. The van der Waals surface area contributed by atoms with E-state index < -0.39 is 5.91 Å². The van der Waals surface area contributed by atoms with Crippen molar-refractivity contribution in [1.82, 2.24) is 10.2 Å². The summed E-state index contributed by atoms with van der Waals surface area (Å²) in [6, 6.07) is 6.53. The van der Waals surface area contributed by atoms with Crippen molar-refractivity contribution in [3.8, 4) is 17.2 Å². The fourth-order valence-corrected chi connectivity index (χ4v) is 2.82.